The molecule has 1 aliphatic rings. The molecular weight excluding hydrogens is 274 g/mol. The van der Waals surface area contributed by atoms with E-state index in [1.807, 2.05) is 11.3 Å². The van der Waals surface area contributed by atoms with Crippen LogP contribution in [-0.2, 0) is 6.54 Å². The lowest BCUT2D eigenvalue weighted by molar-refractivity contribution is -0.665. The van der Waals surface area contributed by atoms with Gasteiger partial charge in [-0.3, -0.25) is 0 Å². The van der Waals surface area contributed by atoms with E-state index in [0.29, 0.717) is 5.92 Å². The normalized spacial score (nSPS) is 24.6. The number of nitrogens with zero attached hydrogens (tertiary/aromatic N) is 1. The second kappa shape index (κ2) is 5.76. The second-order valence-corrected chi connectivity index (χ2v) is 7.29. The van der Waals surface area contributed by atoms with Crippen molar-refractivity contribution in [2.45, 2.75) is 40.7 Å². The molecule has 1 aromatic heterocycles. The van der Waals surface area contributed by atoms with E-state index >= 15 is 0 Å². The summed E-state index contributed by atoms with van der Waals surface area (Å²) in [6.45, 7) is 10.2. The average molecular weight is 298 g/mol. The highest BCUT2D eigenvalue weighted by molar-refractivity contribution is 7.18. The molecule has 0 spiro atoms. The summed E-state index contributed by atoms with van der Waals surface area (Å²) in [6.07, 6.45) is 5.99. The van der Waals surface area contributed by atoms with Crippen LogP contribution in [0.1, 0.15) is 39.1 Å². The number of rotatable bonds is 2. The van der Waals surface area contributed by atoms with Gasteiger partial charge in [0.25, 0.3) is 5.01 Å². The van der Waals surface area contributed by atoms with Gasteiger partial charge in [0, 0.05) is 12.1 Å². The SMILES string of the molecule is CC[n+]1c(/C=C2/C=C(C)[C@H](C)[C@H](C)C2)sc2ccccc21. The molecule has 1 aliphatic carbocycles. The molecule has 2 aromatic rings. The third kappa shape index (κ3) is 2.69. The highest BCUT2D eigenvalue weighted by atomic mass is 32.1. The van der Waals surface area contributed by atoms with E-state index in [1.165, 1.54) is 32.8 Å². The van der Waals surface area contributed by atoms with Crippen molar-refractivity contribution in [2.24, 2.45) is 11.8 Å². The molecule has 0 bridgehead atoms. The van der Waals surface area contributed by atoms with Gasteiger partial charge in [-0.1, -0.05) is 49.0 Å². The second-order valence-electron chi connectivity index (χ2n) is 6.23. The molecule has 0 unspecified atom stereocenters. The number of aromatic nitrogens is 1. The minimum absolute atomic E-state index is 0.711. The van der Waals surface area contributed by atoms with Crippen molar-refractivity contribution >= 4 is 27.6 Å². The fourth-order valence-corrected chi connectivity index (χ4v) is 4.43. The molecule has 0 saturated heterocycles. The number of aryl methyl sites for hydroxylation is 1. The van der Waals surface area contributed by atoms with Gasteiger partial charge in [0.15, 0.2) is 0 Å². The van der Waals surface area contributed by atoms with Crippen LogP contribution in [0.15, 0.2) is 41.5 Å². The van der Waals surface area contributed by atoms with Crippen molar-refractivity contribution < 1.29 is 4.57 Å². The predicted octanol–water partition coefficient (Wildman–Crippen LogP) is 5.21. The number of allylic oxidation sites excluding steroid dienone is 3. The fraction of sp³-hybridized carbons (Fsp3) is 0.421. The van der Waals surface area contributed by atoms with Crippen molar-refractivity contribution in [3.05, 3.63) is 46.5 Å². The molecule has 21 heavy (non-hydrogen) atoms. The molecule has 110 valence electrons. The number of hydrogen-bond acceptors (Lipinski definition) is 1. The Hall–Kier alpha value is -1.41. The first-order chi connectivity index (χ1) is 10.1. The summed E-state index contributed by atoms with van der Waals surface area (Å²) in [5, 5.41) is 1.37. The maximum absolute atomic E-state index is 2.43. The summed E-state index contributed by atoms with van der Waals surface area (Å²) >= 11 is 1.90. The summed E-state index contributed by atoms with van der Waals surface area (Å²) in [6, 6.07) is 8.71. The van der Waals surface area contributed by atoms with Crippen LogP contribution in [0.2, 0.25) is 0 Å². The first-order valence-corrected chi connectivity index (χ1v) is 8.72. The smallest absolute Gasteiger partial charge is 0.182 e. The maximum Gasteiger partial charge on any atom is 0.263 e. The first kappa shape index (κ1) is 14.5. The van der Waals surface area contributed by atoms with Crippen LogP contribution in [0.5, 0.6) is 0 Å². The molecule has 0 aliphatic heterocycles. The minimum atomic E-state index is 0.711. The third-order valence-corrected chi connectivity index (χ3v) is 5.92. The van der Waals surface area contributed by atoms with Gasteiger partial charge < -0.3 is 0 Å². The quantitative estimate of drug-likeness (QED) is 0.670. The topological polar surface area (TPSA) is 3.88 Å². The Morgan fingerprint density at radius 2 is 2.05 bits per heavy atom. The van der Waals surface area contributed by atoms with Crippen LogP contribution < -0.4 is 4.57 Å². The largest absolute Gasteiger partial charge is 0.263 e. The van der Waals surface area contributed by atoms with E-state index in [4.69, 9.17) is 0 Å². The van der Waals surface area contributed by atoms with E-state index in [0.717, 1.165) is 12.5 Å². The van der Waals surface area contributed by atoms with Gasteiger partial charge >= 0.3 is 0 Å². The van der Waals surface area contributed by atoms with Crippen molar-refractivity contribution in [3.8, 4) is 0 Å². The molecule has 2 atom stereocenters. The third-order valence-electron chi connectivity index (χ3n) is 4.80. The Labute approximate surface area is 131 Å². The molecule has 1 heterocycles. The van der Waals surface area contributed by atoms with E-state index < -0.39 is 0 Å². The number of benzene rings is 1. The summed E-state index contributed by atoms with van der Waals surface area (Å²) < 4.78 is 3.81. The minimum Gasteiger partial charge on any atom is -0.182 e. The highest BCUT2D eigenvalue weighted by Crippen LogP contribution is 2.34. The van der Waals surface area contributed by atoms with Gasteiger partial charge in [0.1, 0.15) is 11.2 Å². The molecule has 2 heteroatoms. The van der Waals surface area contributed by atoms with E-state index in [9.17, 15) is 0 Å². The van der Waals surface area contributed by atoms with Crippen LogP contribution >= 0.6 is 11.3 Å². The van der Waals surface area contributed by atoms with E-state index in [-0.39, 0.29) is 0 Å². The van der Waals surface area contributed by atoms with Gasteiger partial charge in [-0.15, -0.1) is 0 Å². The monoisotopic (exact) mass is 298 g/mol. The van der Waals surface area contributed by atoms with Crippen molar-refractivity contribution in [1.29, 1.82) is 0 Å². The van der Waals surface area contributed by atoms with Gasteiger partial charge in [-0.2, -0.15) is 4.57 Å². The summed E-state index contributed by atoms with van der Waals surface area (Å²) in [5.74, 6) is 1.45. The van der Waals surface area contributed by atoms with Gasteiger partial charge in [-0.05, 0) is 43.7 Å². The van der Waals surface area contributed by atoms with E-state index in [2.05, 4.69) is 68.7 Å². The standard InChI is InChI=1S/C19H24NS/c1-5-20-17-8-6-7-9-18(17)21-19(20)12-16-10-13(2)15(4)14(3)11-16/h6-10,12,14-15H,5,11H2,1-4H3/q+1/b16-12-/t14-,15+/m1/s1. The van der Waals surface area contributed by atoms with E-state index in [1.54, 1.807) is 0 Å². The van der Waals surface area contributed by atoms with Gasteiger partial charge in [-0.25, -0.2) is 0 Å². The Bertz CT molecular complexity index is 720. The first-order valence-electron chi connectivity index (χ1n) is 7.90. The molecule has 0 radical (unpaired) electrons. The summed E-state index contributed by atoms with van der Waals surface area (Å²) in [4.78, 5) is 0. The Morgan fingerprint density at radius 3 is 2.76 bits per heavy atom. The average Bonchev–Trinajstić information content (AvgIpc) is 2.81. The predicted molar refractivity (Wildman–Crippen MR) is 92.4 cm³/mol. The summed E-state index contributed by atoms with van der Waals surface area (Å²) in [7, 11) is 0. The highest BCUT2D eigenvalue weighted by Gasteiger charge is 2.22. The Balaban J connectivity index is 2.07. The molecule has 1 nitrogen and oxygen atoms in total. The lowest BCUT2D eigenvalue weighted by Gasteiger charge is -2.26. The van der Waals surface area contributed by atoms with Crippen LogP contribution in [0.25, 0.3) is 16.3 Å². The van der Waals surface area contributed by atoms with Crippen molar-refractivity contribution in [1.82, 2.24) is 0 Å². The van der Waals surface area contributed by atoms with Crippen LogP contribution in [-0.4, -0.2) is 0 Å². The molecule has 3 rings (SSSR count). The summed E-state index contributed by atoms with van der Waals surface area (Å²) in [5.41, 5.74) is 4.35. The lowest BCUT2D eigenvalue weighted by atomic mass is 9.79. The number of para-hydroxylation sites is 1. The van der Waals surface area contributed by atoms with Crippen LogP contribution in [0.4, 0.5) is 0 Å². The molecule has 1 aromatic carbocycles. The Kier molecular flexibility index (Phi) is 3.99. The Morgan fingerprint density at radius 1 is 1.29 bits per heavy atom. The zero-order valence-corrected chi connectivity index (χ0v) is 14.2. The lowest BCUT2D eigenvalue weighted by Crippen LogP contribution is -2.33. The molecule has 0 N–H and O–H groups in total. The van der Waals surface area contributed by atoms with Crippen LogP contribution in [0.3, 0.4) is 0 Å². The fourth-order valence-electron chi connectivity index (χ4n) is 3.23. The number of thiazole rings is 1. The molecule has 0 saturated carbocycles. The van der Waals surface area contributed by atoms with Gasteiger partial charge in [0.05, 0.1) is 0 Å². The molecule has 0 amide bonds. The van der Waals surface area contributed by atoms with Gasteiger partial charge in [0.2, 0.25) is 5.52 Å². The zero-order chi connectivity index (χ0) is 15.0. The van der Waals surface area contributed by atoms with Crippen molar-refractivity contribution in [3.63, 3.8) is 0 Å². The molecular formula is C19H24NS+. The molecule has 0 fully saturated rings. The van der Waals surface area contributed by atoms with Crippen molar-refractivity contribution in [2.75, 3.05) is 0 Å². The maximum atomic E-state index is 2.43. The zero-order valence-electron chi connectivity index (χ0n) is 13.4. The number of fused-ring (bicyclic) bond motifs is 1. The number of hydrogen-bond donors (Lipinski definition) is 0. The van der Waals surface area contributed by atoms with Crippen LogP contribution in [0, 0.1) is 11.8 Å².